The molecule has 3 aromatic rings. The van der Waals surface area contributed by atoms with Gasteiger partial charge in [0.2, 0.25) is 0 Å². The van der Waals surface area contributed by atoms with Crippen molar-refractivity contribution in [2.75, 3.05) is 14.2 Å². The molecule has 1 fully saturated rings. The third-order valence-corrected chi connectivity index (χ3v) is 6.94. The van der Waals surface area contributed by atoms with Gasteiger partial charge in [0.1, 0.15) is 11.5 Å². The third kappa shape index (κ3) is 5.80. The zero-order valence-electron chi connectivity index (χ0n) is 18.6. The Morgan fingerprint density at radius 1 is 1.14 bits per heavy atom. The van der Waals surface area contributed by atoms with E-state index in [1.807, 2.05) is 6.07 Å². The number of phenolic OH excluding ortho intramolecular Hbond substituents is 1. The van der Waals surface area contributed by atoms with Crippen LogP contribution in [0.25, 0.3) is 6.08 Å². The Bertz CT molecular complexity index is 1340. The van der Waals surface area contributed by atoms with Crippen molar-refractivity contribution < 1.29 is 23.8 Å². The van der Waals surface area contributed by atoms with Crippen LogP contribution >= 0.6 is 43.6 Å². The molecule has 0 saturated carbocycles. The van der Waals surface area contributed by atoms with Crippen LogP contribution in [-0.4, -0.2) is 41.5 Å². The van der Waals surface area contributed by atoms with Crippen molar-refractivity contribution in [1.82, 2.24) is 4.90 Å². The van der Waals surface area contributed by atoms with E-state index in [-0.39, 0.29) is 18.2 Å². The molecular weight excluding hydrogens is 602 g/mol. The Morgan fingerprint density at radius 2 is 1.94 bits per heavy atom. The van der Waals surface area contributed by atoms with E-state index in [9.17, 15) is 9.90 Å². The summed E-state index contributed by atoms with van der Waals surface area (Å²) in [7, 11) is 3.12. The molecule has 2 aromatic carbocycles. The van der Waals surface area contributed by atoms with E-state index in [0.29, 0.717) is 37.4 Å². The number of carbonyl (C=O) groups is 1. The third-order valence-electron chi connectivity index (χ3n) is 4.88. The molecule has 1 aliphatic heterocycles. The van der Waals surface area contributed by atoms with Crippen LogP contribution in [0.1, 0.15) is 16.9 Å². The molecule has 0 spiro atoms. The molecular formula is C24H19Br2N3O5S. The number of carbonyl (C=O) groups excluding carboxylic acids is 1. The van der Waals surface area contributed by atoms with Gasteiger partial charge >= 0.3 is 0 Å². The lowest BCUT2D eigenvalue weighted by Crippen LogP contribution is -2.28. The van der Waals surface area contributed by atoms with Gasteiger partial charge in [-0.15, -0.1) is 5.10 Å². The first-order valence-electron chi connectivity index (χ1n) is 10.1. The first-order chi connectivity index (χ1) is 16.9. The second kappa shape index (κ2) is 11.1. The number of hydrogen-bond acceptors (Lipinski definition) is 8. The lowest BCUT2D eigenvalue weighted by Gasteiger charge is -2.12. The number of benzene rings is 2. The Morgan fingerprint density at radius 3 is 2.66 bits per heavy atom. The smallest absolute Gasteiger partial charge is 0.267 e. The van der Waals surface area contributed by atoms with Crippen molar-refractivity contribution in [3.05, 3.63) is 79.5 Å². The normalized spacial score (nSPS) is 16.1. The van der Waals surface area contributed by atoms with Crippen LogP contribution in [0.4, 0.5) is 0 Å². The number of nitrogens with zero attached hydrogens (tertiary/aromatic N) is 3. The summed E-state index contributed by atoms with van der Waals surface area (Å²) in [5.74, 6) is 1.53. The van der Waals surface area contributed by atoms with E-state index in [1.54, 1.807) is 69.2 Å². The molecule has 1 saturated heterocycles. The van der Waals surface area contributed by atoms with Crippen LogP contribution in [0.2, 0.25) is 0 Å². The van der Waals surface area contributed by atoms with E-state index in [2.05, 4.69) is 42.1 Å². The molecule has 1 aliphatic rings. The predicted octanol–water partition coefficient (Wildman–Crippen LogP) is 6.03. The van der Waals surface area contributed by atoms with Crippen molar-refractivity contribution in [1.29, 1.82) is 0 Å². The number of rotatable bonds is 7. The summed E-state index contributed by atoms with van der Waals surface area (Å²) < 4.78 is 17.3. The van der Waals surface area contributed by atoms with Gasteiger partial charge in [-0.25, -0.2) is 0 Å². The van der Waals surface area contributed by atoms with Gasteiger partial charge in [0.25, 0.3) is 5.91 Å². The number of thioether (sulfide) groups is 1. The number of amidine groups is 1. The highest BCUT2D eigenvalue weighted by Gasteiger charge is 2.34. The molecule has 0 bridgehead atoms. The van der Waals surface area contributed by atoms with Crippen molar-refractivity contribution >= 4 is 67.0 Å². The standard InChI is InChI=1S/C24H19Br2N3O5S/c1-32-19-6-5-14(8-20(19)33-2)12-27-28-24-29(13-17-4-3-7-34-17)23(31)21(35-24)10-15-9-16(25)11-18(26)22(15)30/h3-12,30H,13H2,1-2H3/b21-10-,27-12-,28-24+. The van der Waals surface area contributed by atoms with Crippen LogP contribution in [0.5, 0.6) is 17.2 Å². The lowest BCUT2D eigenvalue weighted by atomic mass is 10.2. The molecule has 1 N–H and O–H groups in total. The predicted molar refractivity (Wildman–Crippen MR) is 143 cm³/mol. The number of ether oxygens (including phenoxy) is 2. The number of amides is 1. The largest absolute Gasteiger partial charge is 0.506 e. The Labute approximate surface area is 222 Å². The van der Waals surface area contributed by atoms with E-state index >= 15 is 0 Å². The second-order valence-electron chi connectivity index (χ2n) is 7.15. The summed E-state index contributed by atoms with van der Waals surface area (Å²) >= 11 is 7.88. The quantitative estimate of drug-likeness (QED) is 0.197. The summed E-state index contributed by atoms with van der Waals surface area (Å²) in [6.45, 7) is 0.190. The van der Waals surface area contributed by atoms with E-state index in [0.717, 1.165) is 21.8 Å². The molecule has 0 aliphatic carbocycles. The van der Waals surface area contributed by atoms with Crippen molar-refractivity contribution in [3.8, 4) is 17.2 Å². The molecule has 4 rings (SSSR count). The Hall–Kier alpha value is -3.02. The van der Waals surface area contributed by atoms with Gasteiger partial charge in [-0.05, 0) is 81.8 Å². The topological polar surface area (TPSA) is 96.9 Å². The van der Waals surface area contributed by atoms with Gasteiger partial charge in [-0.3, -0.25) is 9.69 Å². The lowest BCUT2D eigenvalue weighted by molar-refractivity contribution is -0.122. The Balaban J connectivity index is 1.65. The van der Waals surface area contributed by atoms with Crippen molar-refractivity contribution in [2.24, 2.45) is 10.2 Å². The molecule has 0 radical (unpaired) electrons. The monoisotopic (exact) mass is 619 g/mol. The first kappa shape index (κ1) is 25.1. The van der Waals surface area contributed by atoms with Gasteiger partial charge in [-0.2, -0.15) is 5.10 Å². The van der Waals surface area contributed by atoms with Gasteiger partial charge < -0.3 is 19.0 Å². The fourth-order valence-corrected chi connectivity index (χ4v) is 5.38. The maximum Gasteiger partial charge on any atom is 0.267 e. The number of aromatic hydroxyl groups is 1. The van der Waals surface area contributed by atoms with Gasteiger partial charge in [0.15, 0.2) is 16.7 Å². The van der Waals surface area contributed by atoms with Crippen molar-refractivity contribution in [3.63, 3.8) is 0 Å². The second-order valence-corrected chi connectivity index (χ2v) is 9.93. The van der Waals surface area contributed by atoms with Gasteiger partial charge in [0, 0.05) is 10.0 Å². The van der Waals surface area contributed by atoms with Crippen LogP contribution < -0.4 is 9.47 Å². The average Bonchev–Trinajstić information content (AvgIpc) is 3.46. The van der Waals surface area contributed by atoms with Crippen LogP contribution in [-0.2, 0) is 11.3 Å². The minimum Gasteiger partial charge on any atom is -0.506 e. The minimum atomic E-state index is -0.276. The zero-order valence-corrected chi connectivity index (χ0v) is 22.6. The highest BCUT2D eigenvalue weighted by molar-refractivity contribution is 9.11. The summed E-state index contributed by atoms with van der Waals surface area (Å²) in [6.07, 6.45) is 4.72. The average molecular weight is 621 g/mol. The molecule has 8 nitrogen and oxygen atoms in total. The fraction of sp³-hybridized carbons (Fsp3) is 0.125. The molecule has 35 heavy (non-hydrogen) atoms. The van der Waals surface area contributed by atoms with Crippen LogP contribution in [0.3, 0.4) is 0 Å². The van der Waals surface area contributed by atoms with Crippen LogP contribution in [0.15, 0.2) is 77.2 Å². The van der Waals surface area contributed by atoms with Crippen LogP contribution in [0, 0.1) is 0 Å². The van der Waals surface area contributed by atoms with Crippen molar-refractivity contribution in [2.45, 2.75) is 6.54 Å². The minimum absolute atomic E-state index is 0.0311. The number of furan rings is 1. The summed E-state index contributed by atoms with van der Waals surface area (Å²) in [4.78, 5) is 15.1. The molecule has 1 amide bonds. The SMILES string of the molecule is COc1ccc(/C=N\N=C2\S/C(=C\c3cc(Br)cc(Br)c3O)C(=O)N2Cc2ccco2)cc1OC. The number of halogens is 2. The molecule has 1 aromatic heterocycles. The zero-order chi connectivity index (χ0) is 24.9. The summed E-state index contributed by atoms with van der Waals surface area (Å²) in [6, 6.07) is 12.3. The first-order valence-corrected chi connectivity index (χ1v) is 12.5. The highest BCUT2D eigenvalue weighted by Crippen LogP contribution is 2.38. The Kier molecular flexibility index (Phi) is 7.99. The van der Waals surface area contributed by atoms with Gasteiger partial charge in [0.05, 0.1) is 42.6 Å². The number of methoxy groups -OCH3 is 2. The van der Waals surface area contributed by atoms with E-state index < -0.39 is 0 Å². The maximum atomic E-state index is 13.2. The summed E-state index contributed by atoms with van der Waals surface area (Å²) in [5.41, 5.74) is 1.23. The highest BCUT2D eigenvalue weighted by atomic mass is 79.9. The fourth-order valence-electron chi connectivity index (χ4n) is 3.20. The molecule has 11 heteroatoms. The number of phenols is 1. The maximum absolute atomic E-state index is 13.2. The number of hydrogen-bond donors (Lipinski definition) is 1. The molecule has 2 heterocycles. The molecule has 180 valence electrons. The molecule has 0 unspecified atom stereocenters. The van der Waals surface area contributed by atoms with Gasteiger partial charge in [-0.1, -0.05) is 15.9 Å². The van der Waals surface area contributed by atoms with E-state index in [1.165, 1.54) is 4.90 Å². The van der Waals surface area contributed by atoms with E-state index in [4.69, 9.17) is 13.9 Å². The molecule has 0 atom stereocenters. The summed E-state index contributed by atoms with van der Waals surface area (Å²) in [5, 5.41) is 19.3.